The zero-order valence-corrected chi connectivity index (χ0v) is 8.99. The summed E-state index contributed by atoms with van der Waals surface area (Å²) in [6, 6.07) is 2.24. The average molecular weight is 211 g/mol. The molecule has 2 rings (SSSR count). The molecule has 4 nitrogen and oxygen atoms in total. The summed E-state index contributed by atoms with van der Waals surface area (Å²) >= 11 is 0. The van der Waals surface area contributed by atoms with Crippen LogP contribution in [0.15, 0.2) is 16.7 Å². The van der Waals surface area contributed by atoms with Gasteiger partial charge in [0.15, 0.2) is 0 Å². The van der Waals surface area contributed by atoms with Gasteiger partial charge in [-0.2, -0.15) is 0 Å². The predicted octanol–water partition coefficient (Wildman–Crippen LogP) is 1.13. The fraction of sp³-hybridized carbons (Fsp3) is 0.636. The molecule has 0 spiro atoms. The lowest BCUT2D eigenvalue weighted by Crippen LogP contribution is -2.32. The maximum absolute atomic E-state index is 5.49. The van der Waals surface area contributed by atoms with E-state index >= 15 is 0 Å². The zero-order valence-electron chi connectivity index (χ0n) is 8.99. The van der Waals surface area contributed by atoms with Crippen molar-refractivity contribution < 1.29 is 13.9 Å². The topological polar surface area (TPSA) is 43.6 Å². The molecule has 1 aromatic rings. The van der Waals surface area contributed by atoms with Gasteiger partial charge in [0.1, 0.15) is 5.76 Å². The number of nitrogens with one attached hydrogen (secondary N) is 1. The Morgan fingerprint density at radius 1 is 1.53 bits per heavy atom. The second kappa shape index (κ2) is 5.30. The van der Waals surface area contributed by atoms with E-state index in [-0.39, 0.29) is 6.04 Å². The van der Waals surface area contributed by atoms with Crippen molar-refractivity contribution in [3.63, 3.8) is 0 Å². The van der Waals surface area contributed by atoms with Crippen LogP contribution in [-0.2, 0) is 15.9 Å². The molecule has 0 saturated carbocycles. The first kappa shape index (κ1) is 10.7. The van der Waals surface area contributed by atoms with Crippen molar-refractivity contribution in [2.75, 3.05) is 33.5 Å². The van der Waals surface area contributed by atoms with Crippen molar-refractivity contribution in [3.05, 3.63) is 23.7 Å². The highest BCUT2D eigenvalue weighted by Gasteiger charge is 2.22. The molecule has 15 heavy (non-hydrogen) atoms. The normalized spacial score (nSPS) is 20.2. The number of fused-ring (bicyclic) bond motifs is 1. The molecule has 0 fully saturated rings. The molecule has 1 aliphatic heterocycles. The van der Waals surface area contributed by atoms with Crippen LogP contribution in [0.25, 0.3) is 0 Å². The van der Waals surface area contributed by atoms with Crippen molar-refractivity contribution >= 4 is 0 Å². The first-order valence-corrected chi connectivity index (χ1v) is 5.28. The van der Waals surface area contributed by atoms with Gasteiger partial charge in [0.25, 0.3) is 0 Å². The van der Waals surface area contributed by atoms with Gasteiger partial charge >= 0.3 is 0 Å². The van der Waals surface area contributed by atoms with Gasteiger partial charge in [0.2, 0.25) is 0 Å². The van der Waals surface area contributed by atoms with Gasteiger partial charge in [0.05, 0.1) is 32.1 Å². The summed E-state index contributed by atoms with van der Waals surface area (Å²) in [7, 11) is 1.67. The third kappa shape index (κ3) is 2.59. The van der Waals surface area contributed by atoms with E-state index in [4.69, 9.17) is 13.9 Å². The van der Waals surface area contributed by atoms with Crippen LogP contribution in [0.4, 0.5) is 0 Å². The van der Waals surface area contributed by atoms with E-state index in [2.05, 4.69) is 5.32 Å². The minimum atomic E-state index is 0.195. The van der Waals surface area contributed by atoms with Crippen LogP contribution in [0, 0.1) is 0 Å². The molecule has 1 aliphatic rings. The van der Waals surface area contributed by atoms with Crippen LogP contribution in [0.3, 0.4) is 0 Å². The van der Waals surface area contributed by atoms with Gasteiger partial charge in [-0.1, -0.05) is 0 Å². The zero-order chi connectivity index (χ0) is 10.5. The molecule has 4 heteroatoms. The Hall–Kier alpha value is -0.840. The highest BCUT2D eigenvalue weighted by molar-refractivity contribution is 5.23. The number of methoxy groups -OCH3 is 1. The summed E-state index contributed by atoms with van der Waals surface area (Å²) in [6.45, 7) is 2.90. The smallest absolute Gasteiger partial charge is 0.126 e. The molecule has 84 valence electrons. The van der Waals surface area contributed by atoms with Crippen molar-refractivity contribution in [2.45, 2.75) is 12.5 Å². The van der Waals surface area contributed by atoms with Crippen LogP contribution in [-0.4, -0.2) is 33.5 Å². The molecule has 2 heterocycles. The molecule has 0 bridgehead atoms. The Balaban J connectivity index is 1.84. The molecule has 0 radical (unpaired) electrons. The van der Waals surface area contributed by atoms with E-state index in [0.29, 0.717) is 19.8 Å². The van der Waals surface area contributed by atoms with Gasteiger partial charge in [-0.15, -0.1) is 0 Å². The second-order valence-corrected chi connectivity index (χ2v) is 3.63. The number of hydrogen-bond donors (Lipinski definition) is 1. The number of ether oxygens (including phenoxy) is 2. The Morgan fingerprint density at radius 2 is 2.47 bits per heavy atom. The van der Waals surface area contributed by atoms with E-state index in [9.17, 15) is 0 Å². The Morgan fingerprint density at radius 3 is 3.33 bits per heavy atom. The van der Waals surface area contributed by atoms with E-state index in [1.165, 1.54) is 5.56 Å². The fourth-order valence-corrected chi connectivity index (χ4v) is 1.81. The second-order valence-electron chi connectivity index (χ2n) is 3.63. The van der Waals surface area contributed by atoms with E-state index < -0.39 is 0 Å². The summed E-state index contributed by atoms with van der Waals surface area (Å²) in [5.74, 6) is 1.03. The molecular formula is C11H17NO3. The van der Waals surface area contributed by atoms with Crippen LogP contribution >= 0.6 is 0 Å². The van der Waals surface area contributed by atoms with Crippen molar-refractivity contribution in [1.29, 1.82) is 0 Å². The highest BCUT2D eigenvalue weighted by Crippen LogP contribution is 2.23. The summed E-state index contributed by atoms with van der Waals surface area (Å²) in [5.41, 5.74) is 1.30. The Bertz CT molecular complexity index is 298. The van der Waals surface area contributed by atoms with Crippen molar-refractivity contribution in [1.82, 2.24) is 5.32 Å². The van der Waals surface area contributed by atoms with Crippen LogP contribution in [0.1, 0.15) is 17.4 Å². The number of furan rings is 1. The Kier molecular flexibility index (Phi) is 3.77. The summed E-state index contributed by atoms with van der Waals surface area (Å²) in [6.07, 6.45) is 2.79. The minimum absolute atomic E-state index is 0.195. The SMILES string of the molecule is COCCOCC1NCCc2ccoc21. The molecule has 0 aliphatic carbocycles. The lowest BCUT2D eigenvalue weighted by Gasteiger charge is -2.22. The third-order valence-corrected chi connectivity index (χ3v) is 2.60. The van der Waals surface area contributed by atoms with Crippen LogP contribution in [0.2, 0.25) is 0 Å². The Labute approximate surface area is 89.6 Å². The average Bonchev–Trinajstić information content (AvgIpc) is 2.73. The molecule has 0 aromatic carbocycles. The molecule has 1 atom stereocenters. The molecule has 0 saturated heterocycles. The van der Waals surface area contributed by atoms with E-state index in [1.54, 1.807) is 13.4 Å². The van der Waals surface area contributed by atoms with Gasteiger partial charge in [0, 0.05) is 13.7 Å². The number of hydrogen-bond acceptors (Lipinski definition) is 4. The first-order chi connectivity index (χ1) is 7.42. The lowest BCUT2D eigenvalue weighted by atomic mass is 10.0. The van der Waals surface area contributed by atoms with E-state index in [0.717, 1.165) is 18.7 Å². The molecular weight excluding hydrogens is 194 g/mol. The quantitative estimate of drug-likeness (QED) is 0.741. The fourth-order valence-electron chi connectivity index (χ4n) is 1.81. The third-order valence-electron chi connectivity index (χ3n) is 2.60. The molecule has 0 amide bonds. The monoisotopic (exact) mass is 211 g/mol. The highest BCUT2D eigenvalue weighted by atomic mass is 16.5. The summed E-state index contributed by atoms with van der Waals surface area (Å²) < 4.78 is 15.9. The first-order valence-electron chi connectivity index (χ1n) is 5.28. The number of rotatable bonds is 5. The minimum Gasteiger partial charge on any atom is -0.467 e. The standard InChI is InChI=1S/C11H17NO3/c1-13-6-7-14-8-10-11-9(2-4-12-10)3-5-15-11/h3,5,10,12H,2,4,6-8H2,1H3. The van der Waals surface area contributed by atoms with Gasteiger partial charge in [-0.05, 0) is 18.1 Å². The maximum Gasteiger partial charge on any atom is 0.126 e. The maximum atomic E-state index is 5.49. The van der Waals surface area contributed by atoms with Gasteiger partial charge in [-0.3, -0.25) is 0 Å². The lowest BCUT2D eigenvalue weighted by molar-refractivity contribution is 0.0543. The van der Waals surface area contributed by atoms with Gasteiger partial charge in [-0.25, -0.2) is 0 Å². The van der Waals surface area contributed by atoms with Crippen LogP contribution < -0.4 is 5.32 Å². The van der Waals surface area contributed by atoms with Crippen molar-refractivity contribution in [3.8, 4) is 0 Å². The molecule has 1 N–H and O–H groups in total. The van der Waals surface area contributed by atoms with Crippen molar-refractivity contribution in [2.24, 2.45) is 0 Å². The molecule has 1 unspecified atom stereocenters. The summed E-state index contributed by atoms with van der Waals surface area (Å²) in [4.78, 5) is 0. The van der Waals surface area contributed by atoms with Crippen LogP contribution in [0.5, 0.6) is 0 Å². The molecule has 1 aromatic heterocycles. The van der Waals surface area contributed by atoms with Gasteiger partial charge < -0.3 is 19.2 Å². The summed E-state index contributed by atoms with van der Waals surface area (Å²) in [5, 5.41) is 3.38. The largest absolute Gasteiger partial charge is 0.467 e. The van der Waals surface area contributed by atoms with E-state index in [1.807, 2.05) is 6.07 Å². The predicted molar refractivity (Wildman–Crippen MR) is 55.9 cm³/mol.